The van der Waals surface area contributed by atoms with E-state index < -0.39 is 0 Å². The lowest BCUT2D eigenvalue weighted by molar-refractivity contribution is 0.414. The minimum Gasteiger partial charge on any atom is -0.497 e. The topological polar surface area (TPSA) is 44.1 Å². The highest BCUT2D eigenvalue weighted by Crippen LogP contribution is 2.22. The molecule has 0 spiro atoms. The van der Waals surface area contributed by atoms with Gasteiger partial charge < -0.3 is 4.74 Å². The van der Waals surface area contributed by atoms with Gasteiger partial charge in [0.2, 0.25) is 0 Å². The number of fused-ring (bicyclic) bond motifs is 1. The largest absolute Gasteiger partial charge is 0.497 e. The minimum atomic E-state index is 0.0411. The molecule has 0 amide bonds. The van der Waals surface area contributed by atoms with Crippen LogP contribution in [0, 0.1) is 0 Å². The number of methoxy groups -OCH3 is 1. The Morgan fingerprint density at radius 1 is 1.26 bits per heavy atom. The summed E-state index contributed by atoms with van der Waals surface area (Å²) in [5, 5.41) is 2.71. The van der Waals surface area contributed by atoms with E-state index in [9.17, 15) is 4.79 Å². The Bertz CT molecular complexity index is 853. The van der Waals surface area contributed by atoms with Crippen LogP contribution < -0.4 is 10.3 Å². The Morgan fingerprint density at radius 3 is 2.74 bits per heavy atom. The zero-order chi connectivity index (χ0) is 16.2. The van der Waals surface area contributed by atoms with Crippen molar-refractivity contribution < 1.29 is 4.74 Å². The molecule has 2 heterocycles. The average Bonchev–Trinajstić information content (AvgIpc) is 3.05. The third-order valence-corrected chi connectivity index (χ3v) is 5.54. The van der Waals surface area contributed by atoms with E-state index >= 15 is 0 Å². The van der Waals surface area contributed by atoms with Gasteiger partial charge in [0.1, 0.15) is 10.4 Å². The lowest BCUT2D eigenvalue weighted by Gasteiger charge is -2.12. The molecule has 0 saturated carbocycles. The van der Waals surface area contributed by atoms with Crippen molar-refractivity contribution >= 4 is 33.3 Å². The van der Waals surface area contributed by atoms with E-state index in [0.29, 0.717) is 6.54 Å². The zero-order valence-electron chi connectivity index (χ0n) is 13.1. The summed E-state index contributed by atoms with van der Waals surface area (Å²) in [7, 11) is 1.65. The summed E-state index contributed by atoms with van der Waals surface area (Å²) in [5.74, 6) is 1.76. The normalized spacial score (nSPS) is 11.0. The molecule has 0 radical (unpaired) electrons. The van der Waals surface area contributed by atoms with E-state index in [-0.39, 0.29) is 5.56 Å². The standard InChI is InChI=1S/C17H18N2O2S2/c1-3-9-23-17-18-14-8-10-22-15(14)16(20)19(17)11-12-4-6-13(21-2)7-5-12/h4-8,10H,3,9,11H2,1-2H3. The number of aromatic nitrogens is 2. The third-order valence-electron chi connectivity index (χ3n) is 3.47. The first-order valence-electron chi connectivity index (χ1n) is 7.46. The number of ether oxygens (including phenoxy) is 1. The van der Waals surface area contributed by atoms with Crippen LogP contribution in [-0.4, -0.2) is 22.4 Å². The van der Waals surface area contributed by atoms with Crippen LogP contribution in [0.5, 0.6) is 5.75 Å². The van der Waals surface area contributed by atoms with E-state index in [1.165, 1.54) is 11.3 Å². The minimum absolute atomic E-state index is 0.0411. The molecule has 0 aliphatic carbocycles. The van der Waals surface area contributed by atoms with Gasteiger partial charge in [-0.25, -0.2) is 4.98 Å². The van der Waals surface area contributed by atoms with Gasteiger partial charge in [-0.1, -0.05) is 30.8 Å². The molecule has 3 aromatic rings. The van der Waals surface area contributed by atoms with Gasteiger partial charge in [-0.15, -0.1) is 11.3 Å². The highest BCUT2D eigenvalue weighted by molar-refractivity contribution is 7.99. The van der Waals surface area contributed by atoms with Gasteiger partial charge >= 0.3 is 0 Å². The molecule has 0 unspecified atom stereocenters. The van der Waals surface area contributed by atoms with Crippen LogP contribution in [0.2, 0.25) is 0 Å². The van der Waals surface area contributed by atoms with Crippen LogP contribution in [-0.2, 0) is 6.54 Å². The van der Waals surface area contributed by atoms with Gasteiger partial charge in [-0.05, 0) is 35.6 Å². The first kappa shape index (κ1) is 16.1. The molecule has 0 N–H and O–H groups in total. The summed E-state index contributed by atoms with van der Waals surface area (Å²) in [5.41, 5.74) is 1.90. The molecule has 23 heavy (non-hydrogen) atoms. The number of thiophene rings is 1. The summed E-state index contributed by atoms with van der Waals surface area (Å²) in [6, 6.07) is 9.71. The van der Waals surface area contributed by atoms with Gasteiger partial charge in [0.05, 0.1) is 19.2 Å². The molecule has 6 heteroatoms. The van der Waals surface area contributed by atoms with Crippen LogP contribution >= 0.6 is 23.1 Å². The van der Waals surface area contributed by atoms with Gasteiger partial charge in [-0.3, -0.25) is 9.36 Å². The predicted molar refractivity (Wildman–Crippen MR) is 97.0 cm³/mol. The van der Waals surface area contributed by atoms with Gasteiger partial charge in [-0.2, -0.15) is 0 Å². The van der Waals surface area contributed by atoms with Crippen LogP contribution in [0.4, 0.5) is 0 Å². The van der Waals surface area contributed by atoms with Crippen molar-refractivity contribution in [3.8, 4) is 5.75 Å². The van der Waals surface area contributed by atoms with Crippen LogP contribution in [0.25, 0.3) is 10.2 Å². The molecular weight excluding hydrogens is 328 g/mol. The summed E-state index contributed by atoms with van der Waals surface area (Å²) in [4.78, 5) is 17.5. The van der Waals surface area contributed by atoms with Gasteiger partial charge in [0.15, 0.2) is 5.16 Å². The lowest BCUT2D eigenvalue weighted by Crippen LogP contribution is -2.23. The van der Waals surface area contributed by atoms with E-state index in [1.54, 1.807) is 23.4 Å². The van der Waals surface area contributed by atoms with Crippen molar-refractivity contribution in [2.24, 2.45) is 0 Å². The number of rotatable bonds is 6. The first-order valence-corrected chi connectivity index (χ1v) is 9.33. The number of benzene rings is 1. The maximum atomic E-state index is 12.8. The Labute approximate surface area is 143 Å². The lowest BCUT2D eigenvalue weighted by atomic mass is 10.2. The number of nitrogens with zero attached hydrogens (tertiary/aromatic N) is 2. The maximum Gasteiger partial charge on any atom is 0.272 e. The molecule has 3 rings (SSSR count). The molecule has 4 nitrogen and oxygen atoms in total. The van der Waals surface area contributed by atoms with Gasteiger partial charge in [0.25, 0.3) is 5.56 Å². The second kappa shape index (κ2) is 7.19. The van der Waals surface area contributed by atoms with E-state index in [4.69, 9.17) is 4.74 Å². The van der Waals surface area contributed by atoms with E-state index in [1.807, 2.05) is 35.7 Å². The summed E-state index contributed by atoms with van der Waals surface area (Å²) >= 11 is 3.09. The number of thioether (sulfide) groups is 1. The molecule has 0 bridgehead atoms. The van der Waals surface area contributed by atoms with Crippen molar-refractivity contribution in [3.05, 3.63) is 51.6 Å². The van der Waals surface area contributed by atoms with Crippen molar-refractivity contribution in [1.29, 1.82) is 0 Å². The Morgan fingerprint density at radius 2 is 2.04 bits per heavy atom. The molecule has 120 valence electrons. The molecule has 0 aliphatic heterocycles. The van der Waals surface area contributed by atoms with Gasteiger partial charge in [0, 0.05) is 5.75 Å². The number of hydrogen-bond donors (Lipinski definition) is 0. The highest BCUT2D eigenvalue weighted by atomic mass is 32.2. The molecule has 0 aliphatic rings. The zero-order valence-corrected chi connectivity index (χ0v) is 14.7. The SMILES string of the molecule is CCCSc1nc2ccsc2c(=O)n1Cc1ccc(OC)cc1. The second-order valence-corrected chi connectivity index (χ2v) is 7.10. The van der Waals surface area contributed by atoms with Crippen molar-refractivity contribution in [3.63, 3.8) is 0 Å². The van der Waals surface area contributed by atoms with Crippen LogP contribution in [0.15, 0.2) is 45.7 Å². The highest BCUT2D eigenvalue weighted by Gasteiger charge is 2.13. The summed E-state index contributed by atoms with van der Waals surface area (Å²) < 4.78 is 7.68. The maximum absolute atomic E-state index is 12.8. The molecular formula is C17H18N2O2S2. The molecule has 1 aromatic carbocycles. The van der Waals surface area contributed by atoms with Crippen molar-refractivity contribution in [2.75, 3.05) is 12.9 Å². The van der Waals surface area contributed by atoms with E-state index in [0.717, 1.165) is 38.9 Å². The molecule has 0 saturated heterocycles. The Kier molecular flexibility index (Phi) is 5.03. The van der Waals surface area contributed by atoms with Crippen molar-refractivity contribution in [2.45, 2.75) is 25.0 Å². The van der Waals surface area contributed by atoms with Crippen LogP contribution in [0.1, 0.15) is 18.9 Å². The van der Waals surface area contributed by atoms with E-state index in [2.05, 4.69) is 11.9 Å². The fourth-order valence-corrected chi connectivity index (χ4v) is 3.91. The fraction of sp³-hybridized carbons (Fsp3) is 0.294. The Balaban J connectivity index is 2.02. The second-order valence-electron chi connectivity index (χ2n) is 5.12. The molecule has 0 fully saturated rings. The molecule has 2 aromatic heterocycles. The third kappa shape index (κ3) is 3.43. The monoisotopic (exact) mass is 346 g/mol. The predicted octanol–water partition coefficient (Wildman–Crippen LogP) is 4.02. The van der Waals surface area contributed by atoms with Crippen molar-refractivity contribution in [1.82, 2.24) is 9.55 Å². The first-order chi connectivity index (χ1) is 11.2. The number of hydrogen-bond acceptors (Lipinski definition) is 5. The smallest absolute Gasteiger partial charge is 0.272 e. The Hall–Kier alpha value is -1.79. The summed E-state index contributed by atoms with van der Waals surface area (Å²) in [6.45, 7) is 2.65. The summed E-state index contributed by atoms with van der Waals surface area (Å²) in [6.07, 6.45) is 1.05. The fourth-order valence-electron chi connectivity index (χ4n) is 2.28. The quantitative estimate of drug-likeness (QED) is 0.499. The van der Waals surface area contributed by atoms with Crippen LogP contribution in [0.3, 0.4) is 0 Å². The average molecular weight is 346 g/mol. The molecule has 0 atom stereocenters.